The van der Waals surface area contributed by atoms with E-state index in [0.717, 1.165) is 38.4 Å². The van der Waals surface area contributed by atoms with Crippen LogP contribution in [-0.4, -0.2) is 59.4 Å². The zero-order valence-corrected chi connectivity index (χ0v) is 21.1. The van der Waals surface area contributed by atoms with E-state index in [4.69, 9.17) is 0 Å². The van der Waals surface area contributed by atoms with E-state index in [0.29, 0.717) is 30.5 Å². The van der Waals surface area contributed by atoms with Crippen LogP contribution in [0.15, 0.2) is 60.4 Å². The lowest BCUT2D eigenvalue weighted by atomic mass is 9.69. The molecule has 3 heterocycles. The maximum absolute atomic E-state index is 13.2. The minimum Gasteiger partial charge on any atom is -0.353 e. The Morgan fingerprint density at radius 1 is 1.03 bits per heavy atom. The molecule has 2 aromatic rings. The summed E-state index contributed by atoms with van der Waals surface area (Å²) in [6.07, 6.45) is 7.28. The van der Waals surface area contributed by atoms with Gasteiger partial charge in [-0.3, -0.25) is 14.6 Å². The number of nitrogens with zero attached hydrogens (tertiary/aromatic N) is 4. The quantitative estimate of drug-likeness (QED) is 0.617. The Morgan fingerprint density at radius 2 is 1.74 bits per heavy atom. The molecule has 2 aliphatic rings. The fourth-order valence-electron chi connectivity index (χ4n) is 5.37. The molecule has 1 N–H and O–H groups in total. The van der Waals surface area contributed by atoms with Gasteiger partial charge in [-0.25, -0.2) is 4.98 Å². The van der Waals surface area contributed by atoms with Gasteiger partial charge in [0, 0.05) is 51.5 Å². The summed E-state index contributed by atoms with van der Waals surface area (Å²) in [5.74, 6) is 2.49. The summed E-state index contributed by atoms with van der Waals surface area (Å²) in [6.45, 7) is 10.3. The fraction of sp³-hybridized carbons (Fsp3) is 0.500. The Bertz CT molecular complexity index is 1020. The maximum Gasteiger partial charge on any atom is 0.269 e. The second-order valence-corrected chi connectivity index (χ2v) is 10.1. The molecule has 0 bridgehead atoms. The Morgan fingerprint density at radius 3 is 2.37 bits per heavy atom. The normalized spacial score (nSPS) is 22.6. The molecule has 4 rings (SSSR count). The molecule has 7 heteroatoms. The van der Waals surface area contributed by atoms with Crippen molar-refractivity contribution in [3.8, 4) is 0 Å². The summed E-state index contributed by atoms with van der Waals surface area (Å²) in [5.41, 5.74) is 1.70. The average molecular weight is 476 g/mol. The van der Waals surface area contributed by atoms with Crippen molar-refractivity contribution >= 4 is 17.6 Å². The van der Waals surface area contributed by atoms with E-state index < -0.39 is 0 Å². The monoisotopic (exact) mass is 475 g/mol. The molecule has 1 aliphatic carbocycles. The second-order valence-electron chi connectivity index (χ2n) is 10.1. The molecule has 0 spiro atoms. The third kappa shape index (κ3) is 6.27. The van der Waals surface area contributed by atoms with Gasteiger partial charge in [-0.05, 0) is 61.3 Å². The molecule has 1 aliphatic heterocycles. The predicted octanol–water partition coefficient (Wildman–Crippen LogP) is 3.80. The van der Waals surface area contributed by atoms with Gasteiger partial charge < -0.3 is 15.1 Å². The average Bonchev–Trinajstić information content (AvgIpc) is 2.89. The minimum atomic E-state index is -0.138. The topological polar surface area (TPSA) is 78.4 Å². The summed E-state index contributed by atoms with van der Waals surface area (Å²) < 4.78 is 0. The molecule has 35 heavy (non-hydrogen) atoms. The second kappa shape index (κ2) is 11.5. The van der Waals surface area contributed by atoms with Crippen LogP contribution in [-0.2, 0) is 4.79 Å². The van der Waals surface area contributed by atoms with Gasteiger partial charge in [0.05, 0.1) is 0 Å². The van der Waals surface area contributed by atoms with E-state index in [2.05, 4.69) is 47.0 Å². The standard InChI is InChI=1S/C28H37N5O2/c1-20(2)24-17-22(21(3)16-23(24)19-31-28(35)25-8-4-6-10-29-25)18-27(34)33-14-12-32(13-15-33)26-9-5-7-11-30-26/h4-11,16,20,22-24H,12-15,17-19H2,1-3H3,(H,31,35)/t22-,23-,24-/m0/s1. The van der Waals surface area contributed by atoms with Crippen molar-refractivity contribution in [1.82, 2.24) is 20.2 Å². The molecule has 2 amide bonds. The van der Waals surface area contributed by atoms with E-state index in [1.807, 2.05) is 35.4 Å². The highest BCUT2D eigenvalue weighted by Crippen LogP contribution is 2.39. The molecule has 0 aromatic carbocycles. The van der Waals surface area contributed by atoms with Crippen LogP contribution in [0, 0.1) is 23.7 Å². The van der Waals surface area contributed by atoms with Gasteiger partial charge in [-0.15, -0.1) is 0 Å². The van der Waals surface area contributed by atoms with Gasteiger partial charge >= 0.3 is 0 Å². The highest BCUT2D eigenvalue weighted by atomic mass is 16.2. The van der Waals surface area contributed by atoms with Gasteiger partial charge in [-0.2, -0.15) is 0 Å². The van der Waals surface area contributed by atoms with Gasteiger partial charge in [0.15, 0.2) is 0 Å². The Kier molecular flexibility index (Phi) is 8.16. The number of amides is 2. The molecule has 7 nitrogen and oxygen atoms in total. The van der Waals surface area contributed by atoms with Crippen molar-refractivity contribution in [2.75, 3.05) is 37.6 Å². The van der Waals surface area contributed by atoms with Crippen molar-refractivity contribution < 1.29 is 9.59 Å². The van der Waals surface area contributed by atoms with Crippen LogP contribution >= 0.6 is 0 Å². The van der Waals surface area contributed by atoms with Crippen LogP contribution in [0.5, 0.6) is 0 Å². The van der Waals surface area contributed by atoms with Crippen LogP contribution in [0.2, 0.25) is 0 Å². The number of anilines is 1. The number of piperazine rings is 1. The van der Waals surface area contributed by atoms with E-state index >= 15 is 0 Å². The molecular weight excluding hydrogens is 438 g/mol. The molecule has 0 unspecified atom stereocenters. The summed E-state index contributed by atoms with van der Waals surface area (Å²) in [6, 6.07) is 11.3. The first kappa shape index (κ1) is 24.9. The number of hydrogen-bond acceptors (Lipinski definition) is 5. The van der Waals surface area contributed by atoms with Crippen LogP contribution < -0.4 is 10.2 Å². The minimum absolute atomic E-state index is 0.138. The summed E-state index contributed by atoms with van der Waals surface area (Å²) >= 11 is 0. The van der Waals surface area contributed by atoms with Gasteiger partial charge in [0.25, 0.3) is 5.91 Å². The molecule has 0 radical (unpaired) electrons. The Balaban J connectivity index is 1.33. The number of hydrogen-bond donors (Lipinski definition) is 1. The molecular formula is C28H37N5O2. The first-order valence-corrected chi connectivity index (χ1v) is 12.7. The molecule has 1 fully saturated rings. The highest BCUT2D eigenvalue weighted by Gasteiger charge is 2.34. The van der Waals surface area contributed by atoms with E-state index in [9.17, 15) is 9.59 Å². The zero-order valence-electron chi connectivity index (χ0n) is 21.1. The number of rotatable bonds is 7. The SMILES string of the molecule is CC1=C[C@@H](CNC(=O)c2ccccn2)[C@H](C(C)C)C[C@H]1CC(=O)N1CCN(c2ccccn2)CC1. The molecule has 1 saturated heterocycles. The van der Waals surface area contributed by atoms with Gasteiger partial charge in [0.2, 0.25) is 5.91 Å². The maximum atomic E-state index is 13.2. The number of carbonyl (C=O) groups is 2. The molecule has 186 valence electrons. The van der Waals surface area contributed by atoms with E-state index in [1.54, 1.807) is 18.3 Å². The highest BCUT2D eigenvalue weighted by molar-refractivity contribution is 5.92. The lowest BCUT2D eigenvalue weighted by Crippen LogP contribution is -2.49. The van der Waals surface area contributed by atoms with Crippen LogP contribution in [0.1, 0.15) is 44.1 Å². The van der Waals surface area contributed by atoms with Gasteiger partial charge in [-0.1, -0.05) is 37.6 Å². The van der Waals surface area contributed by atoms with Crippen molar-refractivity contribution in [3.63, 3.8) is 0 Å². The number of nitrogens with one attached hydrogen (secondary N) is 1. The number of carbonyl (C=O) groups excluding carboxylic acids is 2. The largest absolute Gasteiger partial charge is 0.353 e. The summed E-state index contributed by atoms with van der Waals surface area (Å²) in [7, 11) is 0. The summed E-state index contributed by atoms with van der Waals surface area (Å²) in [4.78, 5) is 38.5. The van der Waals surface area contributed by atoms with Crippen molar-refractivity contribution in [1.29, 1.82) is 0 Å². The third-order valence-corrected chi connectivity index (χ3v) is 7.51. The lowest BCUT2D eigenvalue weighted by Gasteiger charge is -2.39. The van der Waals surface area contributed by atoms with Crippen LogP contribution in [0.3, 0.4) is 0 Å². The fourth-order valence-corrected chi connectivity index (χ4v) is 5.37. The zero-order chi connectivity index (χ0) is 24.8. The number of pyridine rings is 2. The van der Waals surface area contributed by atoms with E-state index in [1.165, 1.54) is 5.57 Å². The van der Waals surface area contributed by atoms with E-state index in [-0.39, 0.29) is 23.7 Å². The molecule has 0 saturated carbocycles. The van der Waals surface area contributed by atoms with Crippen molar-refractivity contribution in [2.45, 2.75) is 33.6 Å². The summed E-state index contributed by atoms with van der Waals surface area (Å²) in [5, 5.41) is 3.07. The predicted molar refractivity (Wildman–Crippen MR) is 138 cm³/mol. The number of aromatic nitrogens is 2. The first-order valence-electron chi connectivity index (χ1n) is 12.7. The van der Waals surface area contributed by atoms with Crippen molar-refractivity contribution in [2.24, 2.45) is 23.7 Å². The van der Waals surface area contributed by atoms with Crippen LogP contribution in [0.25, 0.3) is 0 Å². The third-order valence-electron chi connectivity index (χ3n) is 7.51. The smallest absolute Gasteiger partial charge is 0.269 e. The molecule has 2 aromatic heterocycles. The molecule has 3 atom stereocenters. The lowest BCUT2D eigenvalue weighted by molar-refractivity contribution is -0.132. The Hall–Kier alpha value is -3.22. The number of allylic oxidation sites excluding steroid dienone is 1. The Labute approximate surface area is 208 Å². The first-order chi connectivity index (χ1) is 16.9. The van der Waals surface area contributed by atoms with Gasteiger partial charge in [0.1, 0.15) is 11.5 Å². The van der Waals surface area contributed by atoms with Crippen molar-refractivity contribution in [3.05, 3.63) is 66.1 Å². The van der Waals surface area contributed by atoms with Crippen LogP contribution in [0.4, 0.5) is 5.82 Å².